The predicted octanol–water partition coefficient (Wildman–Crippen LogP) is 2.54. The number of halogens is 2. The molecule has 2 atom stereocenters. The molecule has 0 amide bonds. The van der Waals surface area contributed by atoms with Gasteiger partial charge in [-0.3, -0.25) is 0 Å². The zero-order valence-electron chi connectivity index (χ0n) is 11.4. The molecule has 112 valence electrons. The van der Waals surface area contributed by atoms with Gasteiger partial charge in [-0.1, -0.05) is 15.9 Å². The van der Waals surface area contributed by atoms with Crippen molar-refractivity contribution in [2.45, 2.75) is 25.3 Å². The molecule has 0 aliphatic carbocycles. The summed E-state index contributed by atoms with van der Waals surface area (Å²) >= 11 is 3.43. The zero-order chi connectivity index (χ0) is 14.8. The molecule has 1 heterocycles. The number of hydrogen-bond donors (Lipinski definition) is 1. The van der Waals surface area contributed by atoms with Crippen molar-refractivity contribution in [3.05, 3.63) is 34.1 Å². The molecule has 6 heteroatoms. The lowest BCUT2D eigenvalue weighted by molar-refractivity contribution is 0.423. The highest BCUT2D eigenvalue weighted by Crippen LogP contribution is 2.26. The Morgan fingerprint density at radius 2 is 2.25 bits per heavy atom. The molecule has 1 fully saturated rings. The molecule has 20 heavy (non-hydrogen) atoms. The van der Waals surface area contributed by atoms with Crippen molar-refractivity contribution in [1.82, 2.24) is 5.32 Å². The minimum atomic E-state index is -2.83. The van der Waals surface area contributed by atoms with E-state index in [0.717, 1.165) is 22.9 Å². The van der Waals surface area contributed by atoms with Gasteiger partial charge >= 0.3 is 0 Å². The van der Waals surface area contributed by atoms with Gasteiger partial charge in [0.1, 0.15) is 5.82 Å². The molecule has 1 aliphatic rings. The van der Waals surface area contributed by atoms with Gasteiger partial charge < -0.3 is 5.32 Å². The molecule has 2 unspecified atom stereocenters. The third kappa shape index (κ3) is 4.27. The number of nitrogens with one attached hydrogen (secondary N) is 1. The second-order valence-electron chi connectivity index (χ2n) is 5.43. The van der Waals surface area contributed by atoms with Gasteiger partial charge in [0.2, 0.25) is 0 Å². The van der Waals surface area contributed by atoms with E-state index in [0.29, 0.717) is 12.2 Å². The zero-order valence-corrected chi connectivity index (χ0v) is 13.8. The summed E-state index contributed by atoms with van der Waals surface area (Å²) in [6.45, 7) is 0. The van der Waals surface area contributed by atoms with Crippen LogP contribution in [-0.4, -0.2) is 33.0 Å². The van der Waals surface area contributed by atoms with Crippen LogP contribution < -0.4 is 5.32 Å². The van der Waals surface area contributed by atoms with Crippen molar-refractivity contribution in [3.8, 4) is 0 Å². The highest BCUT2D eigenvalue weighted by atomic mass is 79.9. The van der Waals surface area contributed by atoms with E-state index in [1.165, 1.54) is 12.1 Å². The normalized spacial score (nSPS) is 22.9. The minimum absolute atomic E-state index is 0.159. The Hall–Kier alpha value is -0.460. The van der Waals surface area contributed by atoms with Crippen molar-refractivity contribution in [2.75, 3.05) is 18.6 Å². The Morgan fingerprint density at radius 1 is 1.50 bits per heavy atom. The molecule has 3 nitrogen and oxygen atoms in total. The molecule has 1 aromatic carbocycles. The van der Waals surface area contributed by atoms with Crippen LogP contribution in [0.5, 0.6) is 0 Å². The third-order valence-electron chi connectivity index (χ3n) is 3.83. The summed E-state index contributed by atoms with van der Waals surface area (Å²) in [5, 5.41) is 3.21. The van der Waals surface area contributed by atoms with Crippen LogP contribution in [0, 0.1) is 11.7 Å². The first-order chi connectivity index (χ1) is 9.39. The van der Waals surface area contributed by atoms with Crippen LogP contribution in [0.4, 0.5) is 4.39 Å². The molecule has 1 aromatic rings. The van der Waals surface area contributed by atoms with Crippen LogP contribution in [0.15, 0.2) is 22.7 Å². The first-order valence-corrected chi connectivity index (χ1v) is 9.32. The summed E-state index contributed by atoms with van der Waals surface area (Å²) < 4.78 is 37.2. The number of likely N-dealkylation sites (N-methyl/N-ethyl adjacent to an activating group) is 1. The van der Waals surface area contributed by atoms with E-state index in [1.807, 2.05) is 7.05 Å². The number of benzene rings is 1. The fourth-order valence-electron chi connectivity index (χ4n) is 2.73. The quantitative estimate of drug-likeness (QED) is 0.874. The lowest BCUT2D eigenvalue weighted by Gasteiger charge is -2.20. The van der Waals surface area contributed by atoms with Gasteiger partial charge in [-0.2, -0.15) is 0 Å². The summed E-state index contributed by atoms with van der Waals surface area (Å²) in [5.41, 5.74) is 0.908. The maximum atomic E-state index is 13.3. The van der Waals surface area contributed by atoms with Crippen LogP contribution in [0.25, 0.3) is 0 Å². The second kappa shape index (κ2) is 6.54. The lowest BCUT2D eigenvalue weighted by Crippen LogP contribution is -2.30. The molecule has 0 bridgehead atoms. The summed E-state index contributed by atoms with van der Waals surface area (Å²) in [6.07, 6.45) is 2.23. The summed E-state index contributed by atoms with van der Waals surface area (Å²) in [6, 6.07) is 4.81. The number of rotatable bonds is 5. The molecule has 1 N–H and O–H groups in total. The van der Waals surface area contributed by atoms with Gasteiger partial charge in [0.25, 0.3) is 0 Å². The van der Waals surface area contributed by atoms with Crippen molar-refractivity contribution in [3.63, 3.8) is 0 Å². The van der Waals surface area contributed by atoms with Crippen LogP contribution in [0.3, 0.4) is 0 Å². The van der Waals surface area contributed by atoms with E-state index in [9.17, 15) is 12.8 Å². The molecule has 0 saturated carbocycles. The van der Waals surface area contributed by atoms with Gasteiger partial charge in [-0.15, -0.1) is 0 Å². The highest BCUT2D eigenvalue weighted by Gasteiger charge is 2.29. The SMILES string of the molecule is CNC(Cc1cc(F)ccc1Br)CC1CCS(=O)(=O)C1. The standard InChI is InChI=1S/C14H19BrFNO2S/c1-17-13(6-10-4-5-20(18,19)9-10)8-11-7-12(16)2-3-14(11)15/h2-3,7,10,13,17H,4-6,8-9H2,1H3. The van der Waals surface area contributed by atoms with Crippen molar-refractivity contribution >= 4 is 25.8 Å². The van der Waals surface area contributed by atoms with E-state index < -0.39 is 9.84 Å². The Morgan fingerprint density at radius 3 is 2.85 bits per heavy atom. The van der Waals surface area contributed by atoms with Gasteiger partial charge in [0, 0.05) is 10.5 Å². The molecule has 0 aromatic heterocycles. The van der Waals surface area contributed by atoms with E-state index in [1.54, 1.807) is 6.07 Å². The fourth-order valence-corrected chi connectivity index (χ4v) is 5.02. The average molecular weight is 364 g/mol. The highest BCUT2D eigenvalue weighted by molar-refractivity contribution is 9.10. The fraction of sp³-hybridized carbons (Fsp3) is 0.571. The molecule has 2 rings (SSSR count). The topological polar surface area (TPSA) is 46.2 Å². The first kappa shape index (κ1) is 15.9. The molecular formula is C14H19BrFNO2S. The lowest BCUT2D eigenvalue weighted by atomic mass is 9.95. The Bertz CT molecular complexity index is 577. The molecule has 0 radical (unpaired) electrons. The maximum absolute atomic E-state index is 13.3. The monoisotopic (exact) mass is 363 g/mol. The van der Waals surface area contributed by atoms with Crippen LogP contribution >= 0.6 is 15.9 Å². The van der Waals surface area contributed by atoms with Crippen LogP contribution in [0.1, 0.15) is 18.4 Å². The predicted molar refractivity (Wildman–Crippen MR) is 82.0 cm³/mol. The van der Waals surface area contributed by atoms with Gasteiger partial charge in [-0.25, -0.2) is 12.8 Å². The van der Waals surface area contributed by atoms with Crippen molar-refractivity contribution in [2.24, 2.45) is 5.92 Å². The molecular weight excluding hydrogens is 345 g/mol. The summed E-state index contributed by atoms with van der Waals surface area (Å²) in [4.78, 5) is 0. The average Bonchev–Trinajstić information content (AvgIpc) is 2.72. The van der Waals surface area contributed by atoms with Gasteiger partial charge in [0.15, 0.2) is 9.84 Å². The van der Waals surface area contributed by atoms with E-state index >= 15 is 0 Å². The molecule has 0 spiro atoms. The number of hydrogen-bond acceptors (Lipinski definition) is 3. The van der Waals surface area contributed by atoms with E-state index in [4.69, 9.17) is 0 Å². The maximum Gasteiger partial charge on any atom is 0.150 e. The molecule has 1 aliphatic heterocycles. The van der Waals surface area contributed by atoms with Crippen molar-refractivity contribution in [1.29, 1.82) is 0 Å². The first-order valence-electron chi connectivity index (χ1n) is 6.71. The Balaban J connectivity index is 2.01. The minimum Gasteiger partial charge on any atom is -0.317 e. The smallest absolute Gasteiger partial charge is 0.150 e. The van der Waals surface area contributed by atoms with E-state index in [2.05, 4.69) is 21.2 Å². The van der Waals surface area contributed by atoms with Gasteiger partial charge in [0.05, 0.1) is 11.5 Å². The van der Waals surface area contributed by atoms with Crippen molar-refractivity contribution < 1.29 is 12.8 Å². The van der Waals surface area contributed by atoms with Crippen LogP contribution in [-0.2, 0) is 16.3 Å². The Labute approximate surface area is 128 Å². The van der Waals surface area contributed by atoms with Gasteiger partial charge in [-0.05, 0) is 56.0 Å². The van der Waals surface area contributed by atoms with E-state index in [-0.39, 0.29) is 23.5 Å². The van der Waals surface area contributed by atoms with Crippen LogP contribution in [0.2, 0.25) is 0 Å². The third-order valence-corrected chi connectivity index (χ3v) is 6.44. The largest absolute Gasteiger partial charge is 0.317 e. The molecule has 1 saturated heterocycles. The second-order valence-corrected chi connectivity index (χ2v) is 8.51. The summed E-state index contributed by atoms with van der Waals surface area (Å²) in [5.74, 6) is 0.555. The summed E-state index contributed by atoms with van der Waals surface area (Å²) in [7, 11) is -0.972. The Kier molecular flexibility index (Phi) is 5.20. The number of sulfone groups is 1.